The van der Waals surface area contributed by atoms with Gasteiger partial charge in [-0.1, -0.05) is 32.4 Å². The summed E-state index contributed by atoms with van der Waals surface area (Å²) in [5.41, 5.74) is -0.571. The van der Waals surface area contributed by atoms with E-state index in [9.17, 15) is 14.4 Å². The molecule has 0 aromatic carbocycles. The fourth-order valence-electron chi connectivity index (χ4n) is 7.25. The monoisotopic (exact) mass is 374 g/mol. The van der Waals surface area contributed by atoms with Crippen molar-refractivity contribution in [1.82, 2.24) is 0 Å². The van der Waals surface area contributed by atoms with E-state index in [0.29, 0.717) is 6.42 Å². The maximum absolute atomic E-state index is 13.1. The summed E-state index contributed by atoms with van der Waals surface area (Å²) in [6.07, 6.45) is 5.69. The van der Waals surface area contributed by atoms with Crippen molar-refractivity contribution in [1.29, 1.82) is 0 Å². The summed E-state index contributed by atoms with van der Waals surface area (Å²) in [6, 6.07) is 0. The van der Waals surface area contributed by atoms with Crippen molar-refractivity contribution < 1.29 is 23.9 Å². The van der Waals surface area contributed by atoms with E-state index < -0.39 is 10.8 Å². The van der Waals surface area contributed by atoms with Gasteiger partial charge in [0.05, 0.1) is 12.0 Å². The Labute approximate surface area is 160 Å². The number of hydrogen-bond donors (Lipinski definition) is 0. The van der Waals surface area contributed by atoms with Crippen LogP contribution in [0, 0.1) is 34.0 Å². The van der Waals surface area contributed by atoms with E-state index in [2.05, 4.69) is 20.4 Å². The van der Waals surface area contributed by atoms with Gasteiger partial charge in [0.15, 0.2) is 0 Å². The van der Waals surface area contributed by atoms with Crippen molar-refractivity contribution in [2.75, 3.05) is 6.61 Å². The Morgan fingerprint density at radius 1 is 1.33 bits per heavy atom. The van der Waals surface area contributed by atoms with Crippen LogP contribution in [-0.2, 0) is 23.9 Å². The lowest BCUT2D eigenvalue weighted by Crippen LogP contribution is -2.66. The Morgan fingerprint density at radius 3 is 2.74 bits per heavy atom. The molecule has 3 saturated carbocycles. The second-order valence-electron chi connectivity index (χ2n) is 9.98. The van der Waals surface area contributed by atoms with Gasteiger partial charge >= 0.3 is 11.9 Å². The van der Waals surface area contributed by atoms with Gasteiger partial charge in [-0.05, 0) is 43.4 Å². The average Bonchev–Trinajstić information content (AvgIpc) is 2.81. The molecule has 0 radical (unpaired) electrons. The van der Waals surface area contributed by atoms with Crippen LogP contribution in [0.2, 0.25) is 0 Å². The number of carbonyl (C=O) groups excluding carboxylic acids is 3. The van der Waals surface area contributed by atoms with Crippen LogP contribution in [0.4, 0.5) is 0 Å². The van der Waals surface area contributed by atoms with Gasteiger partial charge in [0.1, 0.15) is 12.4 Å². The van der Waals surface area contributed by atoms with Crippen LogP contribution >= 0.6 is 0 Å². The van der Waals surface area contributed by atoms with Crippen molar-refractivity contribution in [2.45, 2.75) is 65.4 Å². The van der Waals surface area contributed by atoms with E-state index >= 15 is 0 Å². The van der Waals surface area contributed by atoms with Crippen LogP contribution in [0.15, 0.2) is 12.2 Å². The molecule has 0 unspecified atom stereocenters. The van der Waals surface area contributed by atoms with Crippen LogP contribution in [0.5, 0.6) is 0 Å². The minimum atomic E-state index is -0.810. The van der Waals surface area contributed by atoms with Crippen LogP contribution in [-0.4, -0.2) is 30.9 Å². The fraction of sp³-hybridized carbons (Fsp3) is 0.773. The maximum atomic E-state index is 13.1. The van der Waals surface area contributed by atoms with E-state index in [1.165, 1.54) is 6.92 Å². The van der Waals surface area contributed by atoms with E-state index in [4.69, 9.17) is 9.47 Å². The van der Waals surface area contributed by atoms with E-state index in [1.54, 1.807) is 0 Å². The van der Waals surface area contributed by atoms with Gasteiger partial charge in [-0.3, -0.25) is 9.59 Å². The smallest absolute Gasteiger partial charge is 0.316 e. The number of cyclic esters (lactones) is 1. The number of hydrogen-bond acceptors (Lipinski definition) is 5. The summed E-state index contributed by atoms with van der Waals surface area (Å²) in [5.74, 6) is -0.732. The minimum absolute atomic E-state index is 0.178. The maximum Gasteiger partial charge on any atom is 0.316 e. The zero-order valence-electron chi connectivity index (χ0n) is 16.6. The molecule has 27 heavy (non-hydrogen) atoms. The summed E-state index contributed by atoms with van der Waals surface area (Å²) in [4.78, 5) is 37.4. The molecule has 4 rings (SSSR count). The Hall–Kier alpha value is -1.65. The Bertz CT molecular complexity index is 699. The molecule has 0 aromatic rings. The summed E-state index contributed by atoms with van der Waals surface area (Å²) in [7, 11) is 0. The second kappa shape index (κ2) is 5.92. The highest BCUT2D eigenvalue weighted by atomic mass is 16.6. The molecule has 1 heterocycles. The number of rotatable bonds is 2. The SMILES string of the molecule is C=C1C[C@@H]2C[C@@H](OC(C)=O)[C@@H]3[C@@]1(C2)C(=O)OC[C@]31CCCC(C)(C)[C@H]1C=O. The number of carbonyl (C=O) groups is 3. The molecule has 0 aromatic heterocycles. The highest BCUT2D eigenvalue weighted by Gasteiger charge is 2.72. The van der Waals surface area contributed by atoms with Gasteiger partial charge in [0.2, 0.25) is 0 Å². The molecule has 6 atom stereocenters. The zero-order chi connectivity index (χ0) is 19.6. The molecule has 0 amide bonds. The van der Waals surface area contributed by atoms with Gasteiger partial charge in [-0.2, -0.15) is 0 Å². The molecule has 4 fully saturated rings. The topological polar surface area (TPSA) is 69.7 Å². The summed E-state index contributed by atoms with van der Waals surface area (Å²) in [5, 5.41) is 0. The molecule has 0 N–H and O–H groups in total. The molecule has 1 aliphatic heterocycles. The van der Waals surface area contributed by atoms with Crippen LogP contribution in [0.3, 0.4) is 0 Å². The quantitative estimate of drug-likeness (QED) is 0.421. The summed E-state index contributed by atoms with van der Waals surface area (Å²) < 4.78 is 11.6. The second-order valence-corrected chi connectivity index (χ2v) is 9.98. The van der Waals surface area contributed by atoms with Crippen molar-refractivity contribution in [3.8, 4) is 0 Å². The molecule has 2 spiro atoms. The third-order valence-electron chi connectivity index (χ3n) is 8.08. The summed E-state index contributed by atoms with van der Waals surface area (Å²) in [6.45, 7) is 10.2. The molecular weight excluding hydrogens is 344 g/mol. The average molecular weight is 374 g/mol. The third-order valence-corrected chi connectivity index (χ3v) is 8.08. The first-order valence-corrected chi connectivity index (χ1v) is 10.2. The van der Waals surface area contributed by atoms with Crippen molar-refractivity contribution in [3.05, 3.63) is 12.2 Å². The molecule has 2 bridgehead atoms. The third kappa shape index (κ3) is 2.39. The minimum Gasteiger partial charge on any atom is -0.464 e. The van der Waals surface area contributed by atoms with Gasteiger partial charge in [-0.25, -0.2) is 0 Å². The lowest BCUT2D eigenvalue weighted by Gasteiger charge is -2.61. The Balaban J connectivity index is 1.90. The van der Waals surface area contributed by atoms with E-state index in [-0.39, 0.29) is 47.8 Å². The first kappa shape index (κ1) is 18.7. The molecule has 4 aliphatic rings. The molecule has 1 saturated heterocycles. The first-order valence-electron chi connectivity index (χ1n) is 10.2. The standard InChI is InChI=1S/C22H30O5/c1-13-8-15-9-16(27-14(2)24)18-21(12-26-19(25)22(13,18)10-15)7-5-6-20(3,4)17(21)11-23/h11,15-18H,1,5-10,12H2,2-4H3/t15-,16-,17-,18+,21+,22+/m1/s1. The van der Waals surface area contributed by atoms with E-state index in [0.717, 1.165) is 44.0 Å². The molecule has 5 heteroatoms. The molecule has 148 valence electrons. The van der Waals surface area contributed by atoms with Crippen molar-refractivity contribution in [2.24, 2.45) is 34.0 Å². The van der Waals surface area contributed by atoms with Crippen LogP contribution in [0.25, 0.3) is 0 Å². The number of aldehydes is 1. The molecular formula is C22H30O5. The fourth-order valence-corrected chi connectivity index (χ4v) is 7.25. The van der Waals surface area contributed by atoms with Gasteiger partial charge < -0.3 is 14.3 Å². The van der Waals surface area contributed by atoms with Gasteiger partial charge in [0, 0.05) is 24.2 Å². The zero-order valence-corrected chi connectivity index (χ0v) is 16.6. The largest absolute Gasteiger partial charge is 0.464 e. The van der Waals surface area contributed by atoms with Crippen molar-refractivity contribution in [3.63, 3.8) is 0 Å². The summed E-state index contributed by atoms with van der Waals surface area (Å²) >= 11 is 0. The first-order chi connectivity index (χ1) is 12.7. The molecule has 3 aliphatic carbocycles. The van der Waals surface area contributed by atoms with Gasteiger partial charge in [-0.15, -0.1) is 0 Å². The number of fused-ring (bicyclic) bond motifs is 2. The predicted molar refractivity (Wildman–Crippen MR) is 98.5 cm³/mol. The van der Waals surface area contributed by atoms with Crippen LogP contribution in [0.1, 0.15) is 59.3 Å². The number of esters is 2. The Kier molecular flexibility index (Phi) is 4.10. The predicted octanol–water partition coefficient (Wildman–Crippen LogP) is 3.46. The lowest BCUT2D eigenvalue weighted by molar-refractivity contribution is -0.227. The van der Waals surface area contributed by atoms with Crippen molar-refractivity contribution >= 4 is 18.2 Å². The normalized spacial score (nSPS) is 45.1. The van der Waals surface area contributed by atoms with Gasteiger partial charge in [0.25, 0.3) is 0 Å². The van der Waals surface area contributed by atoms with E-state index in [1.807, 2.05) is 0 Å². The highest BCUT2D eigenvalue weighted by Crippen LogP contribution is 2.69. The number of ether oxygens (including phenoxy) is 2. The lowest BCUT2D eigenvalue weighted by atomic mass is 9.44. The Morgan fingerprint density at radius 2 is 2.07 bits per heavy atom. The molecule has 5 nitrogen and oxygen atoms in total. The van der Waals surface area contributed by atoms with Crippen LogP contribution < -0.4 is 0 Å². The highest BCUT2D eigenvalue weighted by molar-refractivity contribution is 5.84.